The van der Waals surface area contributed by atoms with Gasteiger partial charge in [0.25, 0.3) is 0 Å². The summed E-state index contributed by atoms with van der Waals surface area (Å²) in [4.78, 5) is 9.80. The van der Waals surface area contributed by atoms with E-state index in [1.54, 1.807) is 0 Å². The molecule has 4 nitrogen and oxygen atoms in total. The number of nitrogens with one attached hydrogen (secondary N) is 3. The van der Waals surface area contributed by atoms with Crippen molar-refractivity contribution in [3.8, 4) is 0 Å². The van der Waals surface area contributed by atoms with Crippen LogP contribution in [0.25, 0.3) is 0 Å². The molecule has 0 spiro atoms. The summed E-state index contributed by atoms with van der Waals surface area (Å²) in [6.07, 6.45) is 7.70. The fourth-order valence-corrected chi connectivity index (χ4v) is 2.04. The summed E-state index contributed by atoms with van der Waals surface area (Å²) in [5, 5.41) is 3.20. The van der Waals surface area contributed by atoms with E-state index in [1.165, 1.54) is 32.1 Å². The molecule has 1 heterocycles. The summed E-state index contributed by atoms with van der Waals surface area (Å²) >= 11 is 9.92. The smallest absolute Gasteiger partial charge is 0.356 e. The van der Waals surface area contributed by atoms with Crippen molar-refractivity contribution in [3.63, 3.8) is 0 Å². The van der Waals surface area contributed by atoms with Crippen LogP contribution in [0.5, 0.6) is 0 Å². The van der Waals surface area contributed by atoms with E-state index >= 15 is 0 Å². The Kier molecular flexibility index (Phi) is 11.3. The normalized spacial score (nSPS) is 9.83. The Labute approximate surface area is 141 Å². The number of rotatable bonds is 8. The Bertz CT molecular complexity index is 401. The van der Waals surface area contributed by atoms with Gasteiger partial charge in [0.15, 0.2) is 4.77 Å². The zero-order chi connectivity index (χ0) is 12.5. The standard InChI is InChI=1S/C11H20N4S2.Na/c1-2-3-4-5-6-7-8-12-9-13-10(16)15-11(17)14-9;/h2-8H2,1H3,(H3,12,13,14,15,16,17);/q;+1. The Hall–Kier alpha value is 0.250. The monoisotopic (exact) mass is 295 g/mol. The molecular weight excluding hydrogens is 275 g/mol. The minimum atomic E-state index is 0. The number of aromatic nitrogens is 3. The molecule has 0 aliphatic rings. The van der Waals surface area contributed by atoms with Crippen molar-refractivity contribution in [2.45, 2.75) is 45.4 Å². The van der Waals surface area contributed by atoms with Crippen LogP contribution in [0.4, 0.5) is 5.95 Å². The molecule has 3 N–H and O–H groups in total. The first-order valence-corrected chi connectivity index (χ1v) is 6.98. The van der Waals surface area contributed by atoms with Gasteiger partial charge in [0.1, 0.15) is 0 Å². The Morgan fingerprint density at radius 2 is 1.72 bits per heavy atom. The largest absolute Gasteiger partial charge is 1.00 e. The van der Waals surface area contributed by atoms with Crippen molar-refractivity contribution in [1.82, 2.24) is 15.0 Å². The van der Waals surface area contributed by atoms with E-state index < -0.39 is 0 Å². The van der Waals surface area contributed by atoms with E-state index in [9.17, 15) is 0 Å². The molecule has 0 aliphatic carbocycles. The van der Waals surface area contributed by atoms with E-state index in [0.29, 0.717) is 15.5 Å². The number of hydrogen-bond acceptors (Lipinski definition) is 4. The predicted octanol–water partition coefficient (Wildman–Crippen LogP) is 0.973. The van der Waals surface area contributed by atoms with Crippen LogP contribution in [0.3, 0.4) is 0 Å². The van der Waals surface area contributed by atoms with Gasteiger partial charge < -0.3 is 15.3 Å². The van der Waals surface area contributed by atoms with Crippen LogP contribution in [0.1, 0.15) is 45.4 Å². The maximum atomic E-state index is 4.98. The van der Waals surface area contributed by atoms with Crippen molar-refractivity contribution in [1.29, 1.82) is 0 Å². The van der Waals surface area contributed by atoms with Gasteiger partial charge in [0, 0.05) is 6.54 Å². The maximum Gasteiger partial charge on any atom is 1.00 e. The molecule has 0 aliphatic heterocycles. The Balaban J connectivity index is 0.00000289. The third-order valence-corrected chi connectivity index (χ3v) is 2.89. The first-order valence-electron chi connectivity index (χ1n) is 6.17. The van der Waals surface area contributed by atoms with Crippen LogP contribution in [-0.2, 0) is 0 Å². The van der Waals surface area contributed by atoms with E-state index in [0.717, 1.165) is 13.0 Å². The summed E-state index contributed by atoms with van der Waals surface area (Å²) in [6.45, 7) is 3.14. The summed E-state index contributed by atoms with van der Waals surface area (Å²) in [6, 6.07) is 0. The zero-order valence-electron chi connectivity index (χ0n) is 11.2. The van der Waals surface area contributed by atoms with Gasteiger partial charge in [-0.15, -0.1) is 0 Å². The van der Waals surface area contributed by atoms with Gasteiger partial charge >= 0.3 is 29.6 Å². The van der Waals surface area contributed by atoms with Crippen LogP contribution in [0, 0.1) is 9.54 Å². The van der Waals surface area contributed by atoms with Crippen LogP contribution in [-0.4, -0.2) is 21.5 Å². The first-order chi connectivity index (χ1) is 8.22. The minimum absolute atomic E-state index is 0. The molecule has 1 aromatic rings. The molecule has 0 atom stereocenters. The van der Waals surface area contributed by atoms with Crippen molar-refractivity contribution in [3.05, 3.63) is 9.54 Å². The van der Waals surface area contributed by atoms with E-state index in [4.69, 9.17) is 24.4 Å². The molecule has 0 unspecified atom stereocenters. The van der Waals surface area contributed by atoms with Crippen LogP contribution in [0.15, 0.2) is 0 Å². The fourth-order valence-electron chi connectivity index (χ4n) is 1.59. The number of hydrogen-bond donors (Lipinski definition) is 3. The first kappa shape index (κ1) is 18.2. The SMILES string of the molecule is CCCCCCCCNc1nc(=S)[nH]c(=S)[nH]1.[Na+]. The third-order valence-electron chi connectivity index (χ3n) is 2.49. The second kappa shape index (κ2) is 11.1. The second-order valence-corrected chi connectivity index (χ2v) is 4.83. The molecule has 0 saturated carbocycles. The maximum absolute atomic E-state index is 4.98. The Morgan fingerprint density at radius 3 is 2.39 bits per heavy atom. The minimum Gasteiger partial charge on any atom is -0.356 e. The van der Waals surface area contributed by atoms with Gasteiger partial charge in [-0.25, -0.2) is 0 Å². The molecule has 0 amide bonds. The molecule has 0 saturated heterocycles. The topological polar surface area (TPSA) is 56.5 Å². The molecule has 0 fully saturated rings. The van der Waals surface area contributed by atoms with Gasteiger partial charge in [-0.1, -0.05) is 39.0 Å². The molecule has 1 aromatic heterocycles. The fraction of sp³-hybridized carbons (Fsp3) is 0.727. The predicted molar refractivity (Wildman–Crippen MR) is 76.5 cm³/mol. The third kappa shape index (κ3) is 8.37. The quantitative estimate of drug-likeness (QED) is 0.380. The Morgan fingerprint density at radius 1 is 1.06 bits per heavy atom. The van der Waals surface area contributed by atoms with E-state index in [2.05, 4.69) is 27.2 Å². The summed E-state index contributed by atoms with van der Waals surface area (Å²) < 4.78 is 0.926. The number of nitrogens with zero attached hydrogens (tertiary/aromatic N) is 1. The van der Waals surface area contributed by atoms with E-state index in [1.807, 2.05) is 0 Å². The number of unbranched alkanes of at least 4 members (excludes halogenated alkanes) is 5. The number of aromatic amines is 2. The molecule has 96 valence electrons. The van der Waals surface area contributed by atoms with Gasteiger partial charge in [-0.2, -0.15) is 4.98 Å². The van der Waals surface area contributed by atoms with Crippen LogP contribution < -0.4 is 34.9 Å². The molecule has 18 heavy (non-hydrogen) atoms. The van der Waals surface area contributed by atoms with Crippen molar-refractivity contribution in [2.75, 3.05) is 11.9 Å². The molecule has 1 rings (SSSR count). The number of anilines is 1. The molecule has 7 heteroatoms. The molecule has 0 radical (unpaired) electrons. The summed E-state index contributed by atoms with van der Waals surface area (Å²) in [7, 11) is 0. The van der Waals surface area contributed by atoms with Gasteiger partial charge in [0.05, 0.1) is 0 Å². The van der Waals surface area contributed by atoms with E-state index in [-0.39, 0.29) is 29.6 Å². The van der Waals surface area contributed by atoms with Crippen LogP contribution >= 0.6 is 24.4 Å². The van der Waals surface area contributed by atoms with Crippen molar-refractivity contribution in [2.24, 2.45) is 0 Å². The zero-order valence-corrected chi connectivity index (χ0v) is 14.8. The van der Waals surface area contributed by atoms with Gasteiger partial charge in [0.2, 0.25) is 10.7 Å². The summed E-state index contributed by atoms with van der Waals surface area (Å²) in [5.41, 5.74) is 0. The summed E-state index contributed by atoms with van der Waals surface area (Å²) in [5.74, 6) is 0.660. The van der Waals surface area contributed by atoms with Crippen molar-refractivity contribution < 1.29 is 29.6 Å². The number of H-pyrrole nitrogens is 2. The average molecular weight is 295 g/mol. The average Bonchev–Trinajstić information content (AvgIpc) is 2.26. The van der Waals surface area contributed by atoms with Crippen molar-refractivity contribution >= 4 is 30.4 Å². The molecular formula is C11H20N4NaS2+. The molecule has 0 aromatic carbocycles. The van der Waals surface area contributed by atoms with Crippen LogP contribution in [0.2, 0.25) is 0 Å². The van der Waals surface area contributed by atoms with Gasteiger partial charge in [-0.05, 0) is 30.9 Å². The molecule has 0 bridgehead atoms. The second-order valence-electron chi connectivity index (χ2n) is 4.04. The van der Waals surface area contributed by atoms with Gasteiger partial charge in [-0.3, -0.25) is 0 Å².